The molecule has 0 spiro atoms. The van der Waals surface area contributed by atoms with Gasteiger partial charge in [-0.3, -0.25) is 4.79 Å². The fourth-order valence-electron chi connectivity index (χ4n) is 6.29. The first-order valence-electron chi connectivity index (χ1n) is 22.7. The van der Waals surface area contributed by atoms with Crippen LogP contribution in [-0.4, -0.2) is 89.6 Å². The molecule has 9 heteroatoms. The average molecular weight is 815 g/mol. The van der Waals surface area contributed by atoms with Crippen molar-refractivity contribution in [2.75, 3.05) is 26.4 Å². The number of aliphatic hydroxyl groups excluding tert-OH is 4. The van der Waals surface area contributed by atoms with Crippen LogP contribution in [0.15, 0.2) is 85.1 Å². The van der Waals surface area contributed by atoms with Gasteiger partial charge in [0, 0.05) is 13.0 Å². The van der Waals surface area contributed by atoms with E-state index in [1.54, 1.807) is 0 Å². The van der Waals surface area contributed by atoms with Crippen molar-refractivity contribution in [2.45, 2.75) is 192 Å². The van der Waals surface area contributed by atoms with E-state index in [-0.39, 0.29) is 19.2 Å². The Hall–Kier alpha value is -2.63. The zero-order chi connectivity index (χ0) is 42.2. The van der Waals surface area contributed by atoms with Gasteiger partial charge in [-0.2, -0.15) is 0 Å². The summed E-state index contributed by atoms with van der Waals surface area (Å²) in [6, 6.07) is 0. The summed E-state index contributed by atoms with van der Waals surface area (Å²) in [7, 11) is 0. The van der Waals surface area contributed by atoms with Gasteiger partial charge in [0.25, 0.3) is 0 Å². The molecule has 0 aromatic rings. The molecule has 4 N–H and O–H groups in total. The molecule has 0 bridgehead atoms. The SMILES string of the molecule is CC/C=C\C/C=C\C/C=C\C/C=C\C/C=C\C/C=C\C/C=C\CCCCCCOCC(COC1OC(CO)C(O)C(O)C1O)OC(=O)CCCCCCCCCCC. The van der Waals surface area contributed by atoms with E-state index in [2.05, 4.69) is 98.9 Å². The van der Waals surface area contributed by atoms with E-state index >= 15 is 0 Å². The van der Waals surface area contributed by atoms with Crippen molar-refractivity contribution in [3.8, 4) is 0 Å². The highest BCUT2D eigenvalue weighted by Gasteiger charge is 2.44. The van der Waals surface area contributed by atoms with Crippen LogP contribution in [0.25, 0.3) is 0 Å². The molecule has 1 aliphatic heterocycles. The Morgan fingerprint density at radius 3 is 1.59 bits per heavy atom. The topological polar surface area (TPSA) is 135 Å². The predicted octanol–water partition coefficient (Wildman–Crippen LogP) is 10.2. The van der Waals surface area contributed by atoms with Crippen LogP contribution < -0.4 is 0 Å². The van der Waals surface area contributed by atoms with Gasteiger partial charge >= 0.3 is 5.97 Å². The van der Waals surface area contributed by atoms with E-state index in [0.717, 1.165) is 96.3 Å². The molecule has 58 heavy (non-hydrogen) atoms. The first-order valence-corrected chi connectivity index (χ1v) is 22.7. The summed E-state index contributed by atoms with van der Waals surface area (Å²) >= 11 is 0. The van der Waals surface area contributed by atoms with Gasteiger partial charge in [0.1, 0.15) is 30.5 Å². The van der Waals surface area contributed by atoms with Crippen LogP contribution in [0.1, 0.15) is 155 Å². The number of hydrogen-bond acceptors (Lipinski definition) is 9. The minimum atomic E-state index is -1.54. The van der Waals surface area contributed by atoms with Crippen LogP contribution in [0.5, 0.6) is 0 Å². The molecule has 0 aliphatic carbocycles. The molecule has 0 radical (unpaired) electrons. The smallest absolute Gasteiger partial charge is 0.306 e. The molecule has 6 atom stereocenters. The Labute approximate surface area is 352 Å². The molecular formula is C49H82O9. The van der Waals surface area contributed by atoms with Gasteiger partial charge < -0.3 is 39.4 Å². The van der Waals surface area contributed by atoms with Crippen molar-refractivity contribution < 1.29 is 44.2 Å². The molecule has 6 unspecified atom stereocenters. The molecule has 1 saturated heterocycles. The largest absolute Gasteiger partial charge is 0.457 e. The zero-order valence-electron chi connectivity index (χ0n) is 36.3. The molecule has 1 fully saturated rings. The number of aliphatic hydroxyl groups is 4. The highest BCUT2D eigenvalue weighted by molar-refractivity contribution is 5.69. The fraction of sp³-hybridized carbons (Fsp3) is 0.694. The van der Waals surface area contributed by atoms with Crippen LogP contribution in [0.3, 0.4) is 0 Å². The lowest BCUT2D eigenvalue weighted by Gasteiger charge is -2.39. The number of carbonyl (C=O) groups is 1. The van der Waals surface area contributed by atoms with Crippen molar-refractivity contribution in [1.29, 1.82) is 0 Å². The second-order valence-electron chi connectivity index (χ2n) is 15.1. The summed E-state index contributed by atoms with van der Waals surface area (Å²) in [5.41, 5.74) is 0. The van der Waals surface area contributed by atoms with Gasteiger partial charge in [0.15, 0.2) is 6.29 Å². The molecule has 1 heterocycles. The molecule has 0 aromatic heterocycles. The van der Waals surface area contributed by atoms with Crippen molar-refractivity contribution >= 4 is 5.97 Å². The number of esters is 1. The highest BCUT2D eigenvalue weighted by Crippen LogP contribution is 2.22. The minimum Gasteiger partial charge on any atom is -0.457 e. The van der Waals surface area contributed by atoms with Crippen molar-refractivity contribution in [3.63, 3.8) is 0 Å². The van der Waals surface area contributed by atoms with Crippen LogP contribution in [0, 0.1) is 0 Å². The number of rotatable bonds is 37. The first-order chi connectivity index (χ1) is 28.4. The number of carbonyl (C=O) groups excluding carboxylic acids is 1. The van der Waals surface area contributed by atoms with E-state index in [1.807, 2.05) is 0 Å². The van der Waals surface area contributed by atoms with E-state index in [1.165, 1.54) is 38.5 Å². The second kappa shape index (κ2) is 39.8. The van der Waals surface area contributed by atoms with Crippen LogP contribution in [0.2, 0.25) is 0 Å². The monoisotopic (exact) mass is 815 g/mol. The summed E-state index contributed by atoms with van der Waals surface area (Å²) in [6.45, 7) is 4.34. The molecule has 9 nitrogen and oxygen atoms in total. The summed E-state index contributed by atoms with van der Waals surface area (Å²) in [6.07, 6.45) is 46.2. The number of hydrogen-bond donors (Lipinski definition) is 4. The number of allylic oxidation sites excluding steroid dienone is 14. The molecular weight excluding hydrogens is 733 g/mol. The molecule has 1 aliphatic rings. The summed E-state index contributed by atoms with van der Waals surface area (Å²) < 4.78 is 22.7. The first kappa shape index (κ1) is 53.4. The van der Waals surface area contributed by atoms with Crippen LogP contribution in [0.4, 0.5) is 0 Å². The average Bonchev–Trinajstić information content (AvgIpc) is 3.22. The lowest BCUT2D eigenvalue weighted by molar-refractivity contribution is -0.305. The third-order valence-corrected chi connectivity index (χ3v) is 9.83. The van der Waals surface area contributed by atoms with E-state index in [0.29, 0.717) is 13.0 Å². The molecule has 1 rings (SSSR count). The standard InChI is InChI=1S/C49H82O9/c1-3-5-7-9-11-13-14-15-16-17-18-19-20-21-22-23-24-25-26-27-28-29-31-33-35-37-39-55-41-43(42-56-49-48(54)47(53)46(52)44(40-50)58-49)57-45(51)38-36-34-32-30-12-10-8-6-4-2/h5,7,11,13,15-16,18-19,21-22,24-25,27-28,43-44,46-50,52-54H,3-4,6,8-10,12,14,17,20,23,26,29-42H2,1-2H3/b7-5-,13-11-,16-15-,19-18-,22-21-,25-24-,28-27-. The Morgan fingerprint density at radius 1 is 0.569 bits per heavy atom. The number of unbranched alkanes of at least 4 members (excludes halogenated alkanes) is 12. The maximum atomic E-state index is 12.7. The maximum Gasteiger partial charge on any atom is 0.306 e. The highest BCUT2D eigenvalue weighted by atomic mass is 16.7. The lowest BCUT2D eigenvalue weighted by Crippen LogP contribution is -2.59. The quantitative estimate of drug-likeness (QED) is 0.0275. The van der Waals surface area contributed by atoms with E-state index in [9.17, 15) is 25.2 Å². The van der Waals surface area contributed by atoms with Gasteiger partial charge in [-0.25, -0.2) is 0 Å². The van der Waals surface area contributed by atoms with Crippen LogP contribution >= 0.6 is 0 Å². The maximum absolute atomic E-state index is 12.7. The third kappa shape index (κ3) is 30.4. The molecule has 332 valence electrons. The normalized spacial score (nSPS) is 21.1. The lowest BCUT2D eigenvalue weighted by atomic mass is 9.99. The van der Waals surface area contributed by atoms with Crippen molar-refractivity contribution in [2.24, 2.45) is 0 Å². The third-order valence-electron chi connectivity index (χ3n) is 9.83. The van der Waals surface area contributed by atoms with Gasteiger partial charge in [-0.05, 0) is 70.6 Å². The Bertz CT molecular complexity index is 1150. The summed E-state index contributed by atoms with van der Waals surface area (Å²) in [5.74, 6) is -0.331. The molecule has 0 aromatic carbocycles. The molecule has 0 saturated carbocycles. The summed E-state index contributed by atoms with van der Waals surface area (Å²) in [5, 5.41) is 40.0. The number of ether oxygens (including phenoxy) is 4. The van der Waals surface area contributed by atoms with Crippen molar-refractivity contribution in [3.05, 3.63) is 85.1 Å². The Morgan fingerprint density at radius 2 is 1.05 bits per heavy atom. The Kier molecular flexibility index (Phi) is 36.6. The molecule has 0 amide bonds. The Balaban J connectivity index is 2.23. The van der Waals surface area contributed by atoms with Gasteiger partial charge in [-0.15, -0.1) is 0 Å². The second-order valence-corrected chi connectivity index (χ2v) is 15.1. The van der Waals surface area contributed by atoms with Crippen LogP contribution in [-0.2, 0) is 23.7 Å². The van der Waals surface area contributed by atoms with E-state index < -0.39 is 43.4 Å². The van der Waals surface area contributed by atoms with Gasteiger partial charge in [0.2, 0.25) is 0 Å². The van der Waals surface area contributed by atoms with Gasteiger partial charge in [-0.1, -0.05) is 163 Å². The predicted molar refractivity (Wildman–Crippen MR) is 237 cm³/mol. The van der Waals surface area contributed by atoms with Crippen molar-refractivity contribution in [1.82, 2.24) is 0 Å². The minimum absolute atomic E-state index is 0.123. The van der Waals surface area contributed by atoms with Gasteiger partial charge in [0.05, 0.1) is 19.8 Å². The van der Waals surface area contributed by atoms with E-state index in [4.69, 9.17) is 18.9 Å². The fourth-order valence-corrected chi connectivity index (χ4v) is 6.29. The zero-order valence-corrected chi connectivity index (χ0v) is 36.3. The summed E-state index contributed by atoms with van der Waals surface area (Å²) in [4.78, 5) is 12.7.